The number of amides is 1. The Hall–Kier alpha value is -3.36. The molecule has 1 fully saturated rings. The molecule has 0 saturated carbocycles. The number of sulfonamides is 1. The van der Waals surface area contributed by atoms with E-state index in [-0.39, 0.29) is 47.5 Å². The standard InChI is InChI=1S/C31H36N6O5S3Si/c1-33-21-26-28(22-34(33)2)43-30(32-26)31(38)35-14-16-36(17-15-35)45(41,42)29-20-24-19-23(13-18-46(3,4)5)11-12-27(24)37(29)44(39,40)25-9-7-6-8-10-25/h6-12,19-20H,14-17,21-22H2,1-5H3. The average molecular weight is 697 g/mol. The van der Waals surface area contributed by atoms with E-state index < -0.39 is 28.1 Å². The topological polar surface area (TPSA) is 116 Å². The summed E-state index contributed by atoms with van der Waals surface area (Å²) in [7, 11) is -6.32. The summed E-state index contributed by atoms with van der Waals surface area (Å²) < 4.78 is 58.7. The average Bonchev–Trinajstić information content (AvgIpc) is 3.62. The maximum absolute atomic E-state index is 14.2. The van der Waals surface area contributed by atoms with Crippen molar-refractivity contribution >= 4 is 56.3 Å². The number of hydrazine groups is 1. The largest absolute Gasteiger partial charge is 0.334 e. The minimum absolute atomic E-state index is 0.0183. The van der Waals surface area contributed by atoms with Crippen molar-refractivity contribution < 1.29 is 21.6 Å². The molecule has 0 N–H and O–H groups in total. The van der Waals surface area contributed by atoms with Gasteiger partial charge in [0.15, 0.2) is 10.0 Å². The number of carbonyl (C=O) groups excluding carboxylic acids is 1. The maximum Gasteiger partial charge on any atom is 0.282 e. The molecule has 2 aliphatic heterocycles. The lowest BCUT2D eigenvalue weighted by Gasteiger charge is -2.33. The van der Waals surface area contributed by atoms with Gasteiger partial charge >= 0.3 is 0 Å². The zero-order chi connectivity index (χ0) is 33.0. The highest BCUT2D eigenvalue weighted by molar-refractivity contribution is 7.92. The van der Waals surface area contributed by atoms with Crippen LogP contribution in [0.2, 0.25) is 19.6 Å². The van der Waals surface area contributed by atoms with E-state index in [1.807, 2.05) is 19.1 Å². The molecule has 2 aromatic heterocycles. The van der Waals surface area contributed by atoms with Gasteiger partial charge in [0.1, 0.15) is 8.07 Å². The van der Waals surface area contributed by atoms with Gasteiger partial charge in [-0.2, -0.15) is 4.31 Å². The summed E-state index contributed by atoms with van der Waals surface area (Å²) in [6.45, 7) is 8.02. The van der Waals surface area contributed by atoms with E-state index in [9.17, 15) is 21.6 Å². The van der Waals surface area contributed by atoms with Crippen LogP contribution < -0.4 is 0 Å². The summed E-state index contributed by atoms with van der Waals surface area (Å²) in [6.07, 6.45) is 0. The molecule has 242 valence electrons. The van der Waals surface area contributed by atoms with E-state index >= 15 is 0 Å². The van der Waals surface area contributed by atoms with Crippen molar-refractivity contribution in [2.75, 3.05) is 40.3 Å². The Morgan fingerprint density at radius 3 is 2.22 bits per heavy atom. The summed E-state index contributed by atoms with van der Waals surface area (Å²) in [4.78, 5) is 20.6. The van der Waals surface area contributed by atoms with E-state index in [1.54, 1.807) is 41.3 Å². The van der Waals surface area contributed by atoms with Crippen molar-refractivity contribution in [2.24, 2.45) is 0 Å². The van der Waals surface area contributed by atoms with Gasteiger partial charge in [0.05, 0.1) is 22.7 Å². The van der Waals surface area contributed by atoms with Crippen LogP contribution in [-0.4, -0.2) is 99.3 Å². The molecule has 11 nitrogen and oxygen atoms in total. The number of aromatic nitrogens is 2. The third-order valence-electron chi connectivity index (χ3n) is 8.01. The first-order valence-electron chi connectivity index (χ1n) is 14.8. The van der Waals surface area contributed by atoms with Crippen LogP contribution in [0.15, 0.2) is 64.5 Å². The van der Waals surface area contributed by atoms with Crippen molar-refractivity contribution in [3.63, 3.8) is 0 Å². The lowest BCUT2D eigenvalue weighted by Crippen LogP contribution is -2.50. The molecule has 2 aliphatic rings. The van der Waals surface area contributed by atoms with Gasteiger partial charge in [0, 0.05) is 62.6 Å². The lowest BCUT2D eigenvalue weighted by molar-refractivity contribution is -0.00172. The molecule has 4 heterocycles. The van der Waals surface area contributed by atoms with E-state index in [0.29, 0.717) is 29.0 Å². The summed E-state index contributed by atoms with van der Waals surface area (Å²) in [5.41, 5.74) is 5.12. The maximum atomic E-state index is 14.2. The number of hydrogen-bond donors (Lipinski definition) is 0. The summed E-state index contributed by atoms with van der Waals surface area (Å²) in [5, 5.41) is 4.61. The number of carbonyl (C=O) groups is 1. The molecule has 0 bridgehead atoms. The number of fused-ring (bicyclic) bond motifs is 2. The Bertz CT molecular complexity index is 2080. The van der Waals surface area contributed by atoms with Crippen LogP contribution in [0.4, 0.5) is 0 Å². The van der Waals surface area contributed by atoms with E-state index in [2.05, 4.69) is 41.1 Å². The highest BCUT2D eigenvalue weighted by Gasteiger charge is 2.37. The fourth-order valence-corrected chi connectivity index (χ4v) is 10.5. The molecule has 2 aromatic carbocycles. The fourth-order valence-electron chi connectivity index (χ4n) is 5.41. The minimum atomic E-state index is -4.30. The quantitative estimate of drug-likeness (QED) is 0.230. The van der Waals surface area contributed by atoms with Gasteiger partial charge in [-0.1, -0.05) is 43.8 Å². The second-order valence-electron chi connectivity index (χ2n) is 12.6. The first kappa shape index (κ1) is 32.6. The molecule has 0 atom stereocenters. The predicted octanol–water partition coefficient (Wildman–Crippen LogP) is 3.50. The monoisotopic (exact) mass is 696 g/mol. The summed E-state index contributed by atoms with van der Waals surface area (Å²) in [6, 6.07) is 14.3. The van der Waals surface area contributed by atoms with Gasteiger partial charge in [-0.15, -0.1) is 16.9 Å². The van der Waals surface area contributed by atoms with E-state index in [4.69, 9.17) is 0 Å². The van der Waals surface area contributed by atoms with Crippen LogP contribution in [0.3, 0.4) is 0 Å². The normalized spacial score (nSPS) is 17.1. The van der Waals surface area contributed by atoms with Gasteiger partial charge in [-0.25, -0.2) is 35.8 Å². The van der Waals surface area contributed by atoms with Gasteiger partial charge in [-0.05, 0) is 36.4 Å². The van der Waals surface area contributed by atoms with Gasteiger partial charge in [0.25, 0.3) is 26.0 Å². The summed E-state index contributed by atoms with van der Waals surface area (Å²) in [5.74, 6) is 2.95. The second-order valence-corrected chi connectivity index (χ2v) is 22.1. The lowest BCUT2D eigenvalue weighted by atomic mass is 10.2. The predicted molar refractivity (Wildman–Crippen MR) is 181 cm³/mol. The highest BCUT2D eigenvalue weighted by Crippen LogP contribution is 2.32. The molecular weight excluding hydrogens is 661 g/mol. The number of nitrogens with zero attached hydrogens (tertiary/aromatic N) is 6. The van der Waals surface area contributed by atoms with Crippen molar-refractivity contribution in [1.82, 2.24) is 28.2 Å². The van der Waals surface area contributed by atoms with Gasteiger partial charge < -0.3 is 4.90 Å². The Morgan fingerprint density at radius 2 is 1.54 bits per heavy atom. The van der Waals surface area contributed by atoms with Crippen molar-refractivity contribution in [2.45, 2.75) is 42.7 Å². The Morgan fingerprint density at radius 1 is 0.870 bits per heavy atom. The zero-order valence-corrected chi connectivity index (χ0v) is 29.8. The third kappa shape index (κ3) is 6.18. The highest BCUT2D eigenvalue weighted by atomic mass is 32.2. The Balaban J connectivity index is 1.32. The Labute approximate surface area is 275 Å². The van der Waals surface area contributed by atoms with Gasteiger partial charge in [0.2, 0.25) is 0 Å². The molecule has 4 aromatic rings. The molecule has 0 spiro atoms. The van der Waals surface area contributed by atoms with Gasteiger partial charge in [-0.3, -0.25) is 4.79 Å². The number of thiazole rings is 1. The number of benzene rings is 2. The zero-order valence-electron chi connectivity index (χ0n) is 26.4. The number of hydrogen-bond acceptors (Lipinski definition) is 9. The molecule has 0 radical (unpaired) electrons. The van der Waals surface area contributed by atoms with E-state index in [1.165, 1.54) is 33.8 Å². The smallest absolute Gasteiger partial charge is 0.282 e. The van der Waals surface area contributed by atoms with Crippen molar-refractivity contribution in [3.05, 3.63) is 75.7 Å². The molecule has 0 aliphatic carbocycles. The molecule has 0 unspecified atom stereocenters. The van der Waals surface area contributed by atoms with Crippen molar-refractivity contribution in [3.8, 4) is 11.5 Å². The fraction of sp³-hybridized carbons (Fsp3) is 0.355. The number of piperazine rings is 1. The molecule has 6 rings (SSSR count). The molecule has 46 heavy (non-hydrogen) atoms. The SMILES string of the molecule is CN1Cc2nc(C(=O)N3CCN(S(=O)(=O)c4cc5cc(C#C[Si](C)(C)C)ccc5n4S(=O)(=O)c4ccccc4)CC3)sc2CN1C. The minimum Gasteiger partial charge on any atom is -0.334 e. The second kappa shape index (κ2) is 12.0. The first-order chi connectivity index (χ1) is 21.6. The van der Waals surface area contributed by atoms with Crippen LogP contribution in [0, 0.1) is 11.5 Å². The van der Waals surface area contributed by atoms with Crippen LogP contribution in [0.5, 0.6) is 0 Å². The van der Waals surface area contributed by atoms with E-state index in [0.717, 1.165) is 14.5 Å². The van der Waals surface area contributed by atoms with Crippen molar-refractivity contribution in [1.29, 1.82) is 0 Å². The van der Waals surface area contributed by atoms with Crippen LogP contribution in [-0.2, 0) is 33.1 Å². The number of rotatable bonds is 5. The molecular formula is C31H36N6O5S3Si. The first-order valence-corrected chi connectivity index (χ1v) is 22.0. The summed E-state index contributed by atoms with van der Waals surface area (Å²) >= 11 is 1.38. The van der Waals surface area contributed by atoms with Crippen LogP contribution in [0.1, 0.15) is 25.9 Å². The van der Waals surface area contributed by atoms with Crippen LogP contribution >= 0.6 is 11.3 Å². The molecule has 1 amide bonds. The Kier molecular flexibility index (Phi) is 8.51. The molecule has 1 saturated heterocycles. The third-order valence-corrected chi connectivity index (χ3v) is 13.7. The molecule has 15 heteroatoms. The van der Waals surface area contributed by atoms with Crippen LogP contribution in [0.25, 0.3) is 10.9 Å².